The summed E-state index contributed by atoms with van der Waals surface area (Å²) in [6.07, 6.45) is 9.52. The van der Waals surface area contributed by atoms with Crippen LogP contribution < -0.4 is 0 Å². The van der Waals surface area contributed by atoms with E-state index in [0.29, 0.717) is 5.92 Å². The van der Waals surface area contributed by atoms with Crippen LogP contribution in [0.4, 0.5) is 0 Å². The minimum atomic E-state index is 0.449. The second-order valence-electron chi connectivity index (χ2n) is 3.26. The van der Waals surface area contributed by atoms with Crippen molar-refractivity contribution in [1.29, 1.82) is 5.41 Å². The highest BCUT2D eigenvalue weighted by atomic mass is 14.4. The maximum absolute atomic E-state index is 7.73. The van der Waals surface area contributed by atoms with E-state index in [1.54, 1.807) is 0 Å². The van der Waals surface area contributed by atoms with E-state index in [1.807, 2.05) is 6.08 Å². The van der Waals surface area contributed by atoms with Crippen molar-refractivity contribution in [3.05, 3.63) is 23.8 Å². The fourth-order valence-electron chi connectivity index (χ4n) is 1.47. The molecule has 1 aliphatic rings. The zero-order chi connectivity index (χ0) is 8.97. The Labute approximate surface area is 74.7 Å². The van der Waals surface area contributed by atoms with Crippen LogP contribution in [0.15, 0.2) is 23.8 Å². The summed E-state index contributed by atoms with van der Waals surface area (Å²) in [7, 11) is 0. The summed E-state index contributed by atoms with van der Waals surface area (Å²) in [6, 6.07) is 0. The molecule has 1 heteroatoms. The van der Waals surface area contributed by atoms with Crippen molar-refractivity contribution in [1.82, 2.24) is 0 Å². The molecule has 0 aromatic rings. The van der Waals surface area contributed by atoms with Gasteiger partial charge in [0.1, 0.15) is 0 Å². The second kappa shape index (κ2) is 4.24. The van der Waals surface area contributed by atoms with Crippen molar-refractivity contribution in [2.24, 2.45) is 5.92 Å². The molecule has 0 radical (unpaired) electrons. The first-order valence-electron chi connectivity index (χ1n) is 4.73. The Morgan fingerprint density at radius 2 is 2.17 bits per heavy atom. The van der Waals surface area contributed by atoms with Gasteiger partial charge in [0.2, 0.25) is 0 Å². The topological polar surface area (TPSA) is 23.9 Å². The standard InChI is InChI=1S/C11H17N/c1-3-9-5-7-10(4-2)11(12)8-6-9/h5-6,8,10,12H,3-4,7H2,1-2H3. The third-order valence-electron chi connectivity index (χ3n) is 2.48. The third-order valence-corrected chi connectivity index (χ3v) is 2.48. The van der Waals surface area contributed by atoms with Crippen molar-refractivity contribution in [2.75, 3.05) is 0 Å². The number of allylic oxidation sites excluding steroid dienone is 4. The Hall–Kier alpha value is -0.850. The maximum Gasteiger partial charge on any atom is 0.0347 e. The predicted molar refractivity (Wildman–Crippen MR) is 53.6 cm³/mol. The zero-order valence-electron chi connectivity index (χ0n) is 7.93. The van der Waals surface area contributed by atoms with E-state index < -0.39 is 0 Å². The average molecular weight is 163 g/mol. The summed E-state index contributed by atoms with van der Waals surface area (Å²) in [6.45, 7) is 4.31. The van der Waals surface area contributed by atoms with Gasteiger partial charge in [0.15, 0.2) is 0 Å². The average Bonchev–Trinajstić information content (AvgIpc) is 2.27. The highest BCUT2D eigenvalue weighted by molar-refractivity contribution is 5.95. The summed E-state index contributed by atoms with van der Waals surface area (Å²) in [5, 5.41) is 7.73. The van der Waals surface area contributed by atoms with Crippen LogP contribution in [0.5, 0.6) is 0 Å². The molecule has 12 heavy (non-hydrogen) atoms. The lowest BCUT2D eigenvalue weighted by molar-refractivity contribution is 0.676. The van der Waals surface area contributed by atoms with Gasteiger partial charge in [-0.3, -0.25) is 0 Å². The predicted octanol–water partition coefficient (Wildman–Crippen LogP) is 3.33. The monoisotopic (exact) mass is 163 g/mol. The van der Waals surface area contributed by atoms with Crippen LogP contribution in [0.3, 0.4) is 0 Å². The molecule has 1 N–H and O–H groups in total. The fourth-order valence-corrected chi connectivity index (χ4v) is 1.47. The highest BCUT2D eigenvalue weighted by Crippen LogP contribution is 2.18. The molecule has 0 fully saturated rings. The first-order chi connectivity index (χ1) is 5.77. The molecule has 66 valence electrons. The zero-order valence-corrected chi connectivity index (χ0v) is 7.93. The van der Waals surface area contributed by atoms with Crippen LogP contribution >= 0.6 is 0 Å². The van der Waals surface area contributed by atoms with Crippen LogP contribution in [0.2, 0.25) is 0 Å². The van der Waals surface area contributed by atoms with Crippen LogP contribution in [0, 0.1) is 11.3 Å². The lowest BCUT2D eigenvalue weighted by Crippen LogP contribution is -2.07. The minimum Gasteiger partial charge on any atom is -0.305 e. The Morgan fingerprint density at radius 1 is 1.42 bits per heavy atom. The summed E-state index contributed by atoms with van der Waals surface area (Å²) in [5.41, 5.74) is 2.16. The normalized spacial score (nSPS) is 23.7. The van der Waals surface area contributed by atoms with Crippen LogP contribution in [-0.2, 0) is 0 Å². The molecule has 0 saturated carbocycles. The van der Waals surface area contributed by atoms with E-state index in [1.165, 1.54) is 5.57 Å². The highest BCUT2D eigenvalue weighted by Gasteiger charge is 2.10. The van der Waals surface area contributed by atoms with Crippen LogP contribution in [0.25, 0.3) is 0 Å². The Kier molecular flexibility index (Phi) is 3.27. The largest absolute Gasteiger partial charge is 0.305 e. The van der Waals surface area contributed by atoms with Gasteiger partial charge in [-0.15, -0.1) is 0 Å². The van der Waals surface area contributed by atoms with Gasteiger partial charge in [-0.05, 0) is 25.3 Å². The van der Waals surface area contributed by atoms with Gasteiger partial charge in [0, 0.05) is 11.6 Å². The molecule has 0 aliphatic heterocycles. The van der Waals surface area contributed by atoms with Gasteiger partial charge in [-0.2, -0.15) is 0 Å². The van der Waals surface area contributed by atoms with Gasteiger partial charge < -0.3 is 5.41 Å². The summed E-state index contributed by atoms with van der Waals surface area (Å²) in [4.78, 5) is 0. The molecule has 1 nitrogen and oxygen atoms in total. The van der Waals surface area contributed by atoms with Crippen molar-refractivity contribution < 1.29 is 0 Å². The van der Waals surface area contributed by atoms with Gasteiger partial charge >= 0.3 is 0 Å². The lowest BCUT2D eigenvalue weighted by Gasteiger charge is -2.08. The van der Waals surface area contributed by atoms with Gasteiger partial charge in [-0.1, -0.05) is 31.6 Å². The lowest BCUT2D eigenvalue weighted by atomic mass is 9.97. The van der Waals surface area contributed by atoms with Gasteiger partial charge in [0.05, 0.1) is 0 Å². The van der Waals surface area contributed by atoms with Crippen LogP contribution in [0.1, 0.15) is 33.1 Å². The molecular formula is C11H17N. The van der Waals surface area contributed by atoms with E-state index in [0.717, 1.165) is 25.0 Å². The molecule has 1 atom stereocenters. The molecule has 0 heterocycles. The smallest absolute Gasteiger partial charge is 0.0347 e. The van der Waals surface area contributed by atoms with Gasteiger partial charge in [0.25, 0.3) is 0 Å². The van der Waals surface area contributed by atoms with E-state index in [4.69, 9.17) is 5.41 Å². The van der Waals surface area contributed by atoms with Crippen LogP contribution in [-0.4, -0.2) is 5.71 Å². The molecule has 0 aromatic carbocycles. The summed E-state index contributed by atoms with van der Waals surface area (Å²) in [5.74, 6) is 0.449. The van der Waals surface area contributed by atoms with Crippen molar-refractivity contribution in [2.45, 2.75) is 33.1 Å². The Balaban J connectivity index is 2.73. The number of rotatable bonds is 2. The molecule has 0 bridgehead atoms. The Morgan fingerprint density at radius 3 is 2.75 bits per heavy atom. The van der Waals surface area contributed by atoms with E-state index in [-0.39, 0.29) is 0 Å². The first kappa shape index (κ1) is 9.24. The number of hydrogen-bond acceptors (Lipinski definition) is 1. The molecule has 0 saturated heterocycles. The summed E-state index contributed by atoms with van der Waals surface area (Å²) >= 11 is 0. The quantitative estimate of drug-likeness (QED) is 0.645. The van der Waals surface area contributed by atoms with Crippen molar-refractivity contribution in [3.8, 4) is 0 Å². The maximum atomic E-state index is 7.73. The van der Waals surface area contributed by atoms with Crippen molar-refractivity contribution in [3.63, 3.8) is 0 Å². The SMILES string of the molecule is CCC1=CCC(CC)C(=N)C=C1. The second-order valence-corrected chi connectivity index (χ2v) is 3.26. The molecule has 0 aromatic heterocycles. The molecule has 1 aliphatic carbocycles. The number of nitrogens with one attached hydrogen (secondary N) is 1. The molecule has 1 rings (SSSR count). The third kappa shape index (κ3) is 2.07. The van der Waals surface area contributed by atoms with E-state index in [9.17, 15) is 0 Å². The van der Waals surface area contributed by atoms with Gasteiger partial charge in [-0.25, -0.2) is 0 Å². The fraction of sp³-hybridized carbons (Fsp3) is 0.545. The first-order valence-corrected chi connectivity index (χ1v) is 4.73. The minimum absolute atomic E-state index is 0.449. The Bertz CT molecular complexity index is 223. The number of hydrogen-bond donors (Lipinski definition) is 1. The molecular weight excluding hydrogens is 146 g/mol. The molecule has 1 unspecified atom stereocenters. The van der Waals surface area contributed by atoms with E-state index in [2.05, 4.69) is 26.0 Å². The van der Waals surface area contributed by atoms with Crippen molar-refractivity contribution >= 4 is 5.71 Å². The molecule has 0 amide bonds. The molecule has 0 spiro atoms. The summed E-state index contributed by atoms with van der Waals surface area (Å²) < 4.78 is 0. The van der Waals surface area contributed by atoms with E-state index >= 15 is 0 Å².